The Morgan fingerprint density at radius 1 is 1.25 bits per heavy atom. The third-order valence-corrected chi connectivity index (χ3v) is 4.10. The highest BCUT2D eigenvalue weighted by Gasteiger charge is 2.20. The number of nitrogens with zero attached hydrogens (tertiary/aromatic N) is 1. The van der Waals surface area contributed by atoms with Crippen LogP contribution in [0.3, 0.4) is 0 Å². The predicted octanol–water partition coefficient (Wildman–Crippen LogP) is 2.01. The lowest BCUT2D eigenvalue weighted by molar-refractivity contribution is -0.386. The molecule has 5 nitrogen and oxygen atoms in total. The number of nitro groups is 1. The van der Waals surface area contributed by atoms with Gasteiger partial charge in [-0.1, -0.05) is 6.92 Å². The first kappa shape index (κ1) is 12.6. The van der Waals surface area contributed by atoms with Crippen LogP contribution in [0.5, 0.6) is 0 Å². The van der Waals surface area contributed by atoms with Gasteiger partial charge in [0.25, 0.3) is 5.69 Å². The molecule has 6 heteroatoms. The lowest BCUT2D eigenvalue weighted by Gasteiger charge is -2.06. The predicted molar refractivity (Wildman–Crippen MR) is 60.3 cm³/mol. The van der Waals surface area contributed by atoms with Gasteiger partial charge in [0.05, 0.1) is 15.6 Å². The molecule has 1 aromatic rings. The summed E-state index contributed by atoms with van der Waals surface area (Å²) in [4.78, 5) is 10.4. The summed E-state index contributed by atoms with van der Waals surface area (Å²) in [5, 5.41) is 10.7. The number of aryl methyl sites for hydroxylation is 2. The van der Waals surface area contributed by atoms with Crippen LogP contribution in [0.1, 0.15) is 18.1 Å². The molecule has 0 amide bonds. The highest BCUT2D eigenvalue weighted by Crippen LogP contribution is 2.26. The van der Waals surface area contributed by atoms with Crippen molar-refractivity contribution in [1.29, 1.82) is 0 Å². The molecule has 16 heavy (non-hydrogen) atoms. The molecular weight excluding hydrogens is 230 g/mol. The maximum Gasteiger partial charge on any atom is 0.275 e. The second-order valence-electron chi connectivity index (χ2n) is 3.57. The molecular formula is C10H13NO4S. The molecule has 0 radical (unpaired) electrons. The van der Waals surface area contributed by atoms with E-state index >= 15 is 0 Å². The molecule has 0 atom stereocenters. The zero-order valence-corrected chi connectivity index (χ0v) is 10.2. The fraction of sp³-hybridized carbons (Fsp3) is 0.400. The van der Waals surface area contributed by atoms with E-state index in [0.29, 0.717) is 11.1 Å². The van der Waals surface area contributed by atoms with Crippen molar-refractivity contribution in [2.24, 2.45) is 0 Å². The van der Waals surface area contributed by atoms with Crippen LogP contribution in [0.15, 0.2) is 17.0 Å². The molecule has 0 N–H and O–H groups in total. The SMILES string of the molecule is CCS(=O)(=O)c1cc(C)c([N+](=O)[O-])c(C)c1. The van der Waals surface area contributed by atoms with E-state index in [0.717, 1.165) is 0 Å². The molecule has 0 aliphatic rings. The van der Waals surface area contributed by atoms with Crippen molar-refractivity contribution in [3.05, 3.63) is 33.4 Å². The number of rotatable bonds is 3. The van der Waals surface area contributed by atoms with Gasteiger partial charge < -0.3 is 0 Å². The summed E-state index contributed by atoms with van der Waals surface area (Å²) in [5.74, 6) is -0.0102. The van der Waals surface area contributed by atoms with Gasteiger partial charge >= 0.3 is 0 Å². The van der Waals surface area contributed by atoms with E-state index in [4.69, 9.17) is 0 Å². The van der Waals surface area contributed by atoms with Crippen molar-refractivity contribution in [2.45, 2.75) is 25.7 Å². The summed E-state index contributed by atoms with van der Waals surface area (Å²) in [6, 6.07) is 2.70. The Hall–Kier alpha value is -1.43. The number of nitro benzene ring substituents is 1. The Morgan fingerprint density at radius 2 is 1.69 bits per heavy atom. The lowest BCUT2D eigenvalue weighted by Crippen LogP contribution is -2.06. The largest absolute Gasteiger partial charge is 0.275 e. The number of benzene rings is 1. The van der Waals surface area contributed by atoms with Gasteiger partial charge in [0, 0.05) is 11.1 Å². The summed E-state index contributed by atoms with van der Waals surface area (Å²) in [7, 11) is -3.31. The summed E-state index contributed by atoms with van der Waals surface area (Å²) < 4.78 is 23.2. The van der Waals surface area contributed by atoms with Crippen molar-refractivity contribution in [1.82, 2.24) is 0 Å². The van der Waals surface area contributed by atoms with Crippen LogP contribution in [0, 0.1) is 24.0 Å². The van der Waals surface area contributed by atoms with Gasteiger partial charge in [0.2, 0.25) is 0 Å². The zero-order valence-electron chi connectivity index (χ0n) is 9.35. The summed E-state index contributed by atoms with van der Waals surface area (Å²) in [6.07, 6.45) is 0. The fourth-order valence-electron chi connectivity index (χ4n) is 1.55. The Morgan fingerprint density at radius 3 is 2.00 bits per heavy atom. The maximum atomic E-state index is 11.6. The van der Waals surface area contributed by atoms with E-state index in [9.17, 15) is 18.5 Å². The molecule has 0 fully saturated rings. The van der Waals surface area contributed by atoms with Gasteiger partial charge in [-0.3, -0.25) is 10.1 Å². The molecule has 0 bridgehead atoms. The van der Waals surface area contributed by atoms with E-state index < -0.39 is 14.8 Å². The van der Waals surface area contributed by atoms with Crippen molar-refractivity contribution < 1.29 is 13.3 Å². The van der Waals surface area contributed by atoms with Crippen LogP contribution in [-0.2, 0) is 9.84 Å². The number of sulfone groups is 1. The molecule has 0 aromatic heterocycles. The van der Waals surface area contributed by atoms with Crippen LogP contribution < -0.4 is 0 Å². The van der Waals surface area contributed by atoms with Crippen molar-refractivity contribution >= 4 is 15.5 Å². The minimum atomic E-state index is -3.31. The minimum Gasteiger partial charge on any atom is -0.258 e. The molecule has 88 valence electrons. The third kappa shape index (κ3) is 2.21. The second kappa shape index (κ2) is 4.21. The summed E-state index contributed by atoms with van der Waals surface area (Å²) >= 11 is 0. The molecule has 0 unspecified atom stereocenters. The van der Waals surface area contributed by atoms with E-state index in [-0.39, 0.29) is 16.3 Å². The Bertz CT molecular complexity index is 511. The molecule has 0 aliphatic heterocycles. The quantitative estimate of drug-likeness (QED) is 0.601. The number of hydrogen-bond acceptors (Lipinski definition) is 4. The topological polar surface area (TPSA) is 77.3 Å². The van der Waals surface area contributed by atoms with Gasteiger partial charge in [0.15, 0.2) is 9.84 Å². The zero-order chi connectivity index (χ0) is 12.5. The van der Waals surface area contributed by atoms with E-state index in [1.165, 1.54) is 12.1 Å². The van der Waals surface area contributed by atoms with Gasteiger partial charge in [-0.2, -0.15) is 0 Å². The Labute approximate surface area is 94.2 Å². The second-order valence-corrected chi connectivity index (χ2v) is 5.84. The van der Waals surface area contributed by atoms with Crippen LogP contribution in [0.25, 0.3) is 0 Å². The minimum absolute atomic E-state index is 0.0102. The van der Waals surface area contributed by atoms with Crippen molar-refractivity contribution in [3.63, 3.8) is 0 Å². The molecule has 1 rings (SSSR count). The van der Waals surface area contributed by atoms with Crippen LogP contribution in [0.2, 0.25) is 0 Å². The number of hydrogen-bond donors (Lipinski definition) is 0. The average molecular weight is 243 g/mol. The highest BCUT2D eigenvalue weighted by molar-refractivity contribution is 7.91. The Kier molecular flexibility index (Phi) is 3.32. The summed E-state index contributed by atoms with van der Waals surface area (Å²) in [5.41, 5.74) is 0.726. The fourth-order valence-corrected chi connectivity index (χ4v) is 2.60. The van der Waals surface area contributed by atoms with Gasteiger partial charge in [0.1, 0.15) is 0 Å². The molecule has 0 heterocycles. The third-order valence-electron chi connectivity index (χ3n) is 2.39. The molecule has 0 aliphatic carbocycles. The van der Waals surface area contributed by atoms with E-state index in [2.05, 4.69) is 0 Å². The summed E-state index contributed by atoms with van der Waals surface area (Å²) in [6.45, 7) is 4.63. The van der Waals surface area contributed by atoms with Crippen LogP contribution >= 0.6 is 0 Å². The first-order valence-electron chi connectivity index (χ1n) is 4.78. The van der Waals surface area contributed by atoms with Gasteiger partial charge in [-0.05, 0) is 26.0 Å². The van der Waals surface area contributed by atoms with Crippen LogP contribution in [-0.4, -0.2) is 19.1 Å². The standard InChI is InChI=1S/C10H13NO4S/c1-4-16(14,15)9-5-7(2)10(11(12)13)8(3)6-9/h5-6H,4H2,1-3H3. The van der Waals surface area contributed by atoms with Gasteiger partial charge in [-0.25, -0.2) is 8.42 Å². The molecule has 1 aromatic carbocycles. The van der Waals surface area contributed by atoms with E-state index in [1.54, 1.807) is 20.8 Å². The highest BCUT2D eigenvalue weighted by atomic mass is 32.2. The van der Waals surface area contributed by atoms with E-state index in [1.807, 2.05) is 0 Å². The van der Waals surface area contributed by atoms with Crippen molar-refractivity contribution in [2.75, 3.05) is 5.75 Å². The first-order chi connectivity index (χ1) is 7.29. The molecule has 0 saturated heterocycles. The smallest absolute Gasteiger partial charge is 0.258 e. The monoisotopic (exact) mass is 243 g/mol. The van der Waals surface area contributed by atoms with Crippen molar-refractivity contribution in [3.8, 4) is 0 Å². The molecule has 0 saturated carbocycles. The Balaban J connectivity index is 3.48. The van der Waals surface area contributed by atoms with Crippen LogP contribution in [0.4, 0.5) is 5.69 Å². The average Bonchev–Trinajstić information content (AvgIpc) is 2.15. The normalized spacial score (nSPS) is 11.4. The molecule has 0 spiro atoms. The van der Waals surface area contributed by atoms with Gasteiger partial charge in [-0.15, -0.1) is 0 Å². The maximum absolute atomic E-state index is 11.6. The first-order valence-corrected chi connectivity index (χ1v) is 6.43. The lowest BCUT2D eigenvalue weighted by atomic mass is 10.1.